The smallest absolute Gasteiger partial charge is 0.227 e. The maximum Gasteiger partial charge on any atom is 0.227 e. The molecule has 3 rings (SSSR count). The van der Waals surface area contributed by atoms with Crippen molar-refractivity contribution in [1.82, 2.24) is 5.32 Å². The van der Waals surface area contributed by atoms with Crippen molar-refractivity contribution in [2.45, 2.75) is 13.3 Å². The maximum atomic E-state index is 12.3. The topological polar surface area (TPSA) is 58.6 Å². The summed E-state index contributed by atoms with van der Waals surface area (Å²) in [5.41, 5.74) is 1.99. The van der Waals surface area contributed by atoms with Gasteiger partial charge >= 0.3 is 0 Å². The summed E-state index contributed by atoms with van der Waals surface area (Å²) in [6, 6.07) is 17.2. The van der Waals surface area contributed by atoms with Crippen molar-refractivity contribution in [2.75, 3.05) is 24.6 Å². The Morgan fingerprint density at radius 2 is 1.88 bits per heavy atom. The number of nitrogens with zero attached hydrogens (tertiary/aromatic N) is 1. The minimum absolute atomic E-state index is 0.00969. The molecule has 0 aliphatic carbocycles. The lowest BCUT2D eigenvalue weighted by Crippen LogP contribution is -2.35. The molecule has 1 fully saturated rings. The third-order valence-electron chi connectivity index (χ3n) is 4.25. The van der Waals surface area contributed by atoms with Crippen LogP contribution < -0.4 is 15.0 Å². The van der Waals surface area contributed by atoms with Crippen molar-refractivity contribution in [3.05, 3.63) is 60.2 Å². The largest absolute Gasteiger partial charge is 0.492 e. The second kappa shape index (κ2) is 7.83. The Balaban J connectivity index is 1.46. The van der Waals surface area contributed by atoms with Gasteiger partial charge in [0.1, 0.15) is 12.4 Å². The molecule has 0 radical (unpaired) electrons. The predicted molar refractivity (Wildman–Crippen MR) is 96.6 cm³/mol. The summed E-state index contributed by atoms with van der Waals surface area (Å²) >= 11 is 0. The third-order valence-corrected chi connectivity index (χ3v) is 4.25. The number of carbonyl (C=O) groups is 2. The molecule has 5 heteroatoms. The van der Waals surface area contributed by atoms with E-state index in [2.05, 4.69) is 5.32 Å². The number of carbonyl (C=O) groups excluding carboxylic acids is 2. The fraction of sp³-hybridized carbons (Fsp3) is 0.300. The number of ether oxygens (including phenoxy) is 1. The van der Waals surface area contributed by atoms with Crippen LogP contribution in [0.5, 0.6) is 5.75 Å². The average molecular weight is 338 g/mol. The van der Waals surface area contributed by atoms with E-state index in [1.165, 1.54) is 0 Å². The van der Waals surface area contributed by atoms with Crippen LogP contribution in [-0.4, -0.2) is 31.5 Å². The van der Waals surface area contributed by atoms with Crippen LogP contribution in [0.2, 0.25) is 0 Å². The number of para-hydroxylation sites is 1. The van der Waals surface area contributed by atoms with Crippen LogP contribution in [0.1, 0.15) is 12.0 Å². The predicted octanol–water partition coefficient (Wildman–Crippen LogP) is 2.54. The number of aryl methyl sites for hydroxylation is 1. The van der Waals surface area contributed by atoms with E-state index >= 15 is 0 Å². The number of rotatable bonds is 6. The van der Waals surface area contributed by atoms with Crippen molar-refractivity contribution in [2.24, 2.45) is 5.92 Å². The van der Waals surface area contributed by atoms with Crippen LogP contribution in [0.4, 0.5) is 5.69 Å². The molecule has 0 spiro atoms. The molecule has 2 amide bonds. The summed E-state index contributed by atoms with van der Waals surface area (Å²) in [5, 5.41) is 2.85. The van der Waals surface area contributed by atoms with Gasteiger partial charge in [-0.05, 0) is 31.2 Å². The van der Waals surface area contributed by atoms with Crippen molar-refractivity contribution in [1.29, 1.82) is 0 Å². The number of benzene rings is 2. The lowest BCUT2D eigenvalue weighted by Gasteiger charge is -2.17. The van der Waals surface area contributed by atoms with Gasteiger partial charge < -0.3 is 15.0 Å². The van der Waals surface area contributed by atoms with Gasteiger partial charge in [-0.2, -0.15) is 0 Å². The average Bonchev–Trinajstić information content (AvgIpc) is 3.02. The zero-order valence-corrected chi connectivity index (χ0v) is 14.3. The third kappa shape index (κ3) is 4.38. The molecule has 2 aromatic carbocycles. The molecule has 130 valence electrons. The summed E-state index contributed by atoms with van der Waals surface area (Å²) in [6.45, 7) is 3.25. The Labute approximate surface area is 147 Å². The van der Waals surface area contributed by atoms with Crippen LogP contribution in [0.25, 0.3) is 0 Å². The first-order valence-electron chi connectivity index (χ1n) is 8.46. The van der Waals surface area contributed by atoms with Gasteiger partial charge in [-0.3, -0.25) is 9.59 Å². The van der Waals surface area contributed by atoms with Crippen LogP contribution in [-0.2, 0) is 9.59 Å². The summed E-state index contributed by atoms with van der Waals surface area (Å²) in [7, 11) is 0. The van der Waals surface area contributed by atoms with Gasteiger partial charge in [0, 0.05) is 18.7 Å². The van der Waals surface area contributed by atoms with E-state index in [-0.39, 0.29) is 24.2 Å². The molecular weight excluding hydrogens is 316 g/mol. The zero-order chi connectivity index (χ0) is 17.6. The molecule has 1 saturated heterocycles. The molecular formula is C20H22N2O3. The minimum Gasteiger partial charge on any atom is -0.492 e. The van der Waals surface area contributed by atoms with Crippen LogP contribution in [0, 0.1) is 12.8 Å². The monoisotopic (exact) mass is 338 g/mol. The molecule has 2 aromatic rings. The number of amides is 2. The van der Waals surface area contributed by atoms with E-state index in [1.807, 2.05) is 61.5 Å². The molecule has 1 aliphatic rings. The molecule has 1 heterocycles. The molecule has 25 heavy (non-hydrogen) atoms. The number of hydrogen-bond acceptors (Lipinski definition) is 3. The summed E-state index contributed by atoms with van der Waals surface area (Å²) in [6.07, 6.45) is 0.249. The molecule has 1 aliphatic heterocycles. The maximum absolute atomic E-state index is 12.3. The Kier molecular flexibility index (Phi) is 5.33. The van der Waals surface area contributed by atoms with E-state index < -0.39 is 0 Å². The van der Waals surface area contributed by atoms with Gasteiger partial charge in [-0.1, -0.05) is 35.9 Å². The lowest BCUT2D eigenvalue weighted by molar-refractivity contribution is -0.126. The molecule has 0 unspecified atom stereocenters. The Bertz CT molecular complexity index is 728. The molecule has 5 nitrogen and oxygen atoms in total. The van der Waals surface area contributed by atoms with Gasteiger partial charge in [0.2, 0.25) is 11.8 Å². The number of anilines is 1. The van der Waals surface area contributed by atoms with Crippen molar-refractivity contribution in [3.63, 3.8) is 0 Å². The van der Waals surface area contributed by atoms with E-state index in [9.17, 15) is 9.59 Å². The highest BCUT2D eigenvalue weighted by atomic mass is 16.5. The van der Waals surface area contributed by atoms with E-state index in [0.29, 0.717) is 19.7 Å². The highest BCUT2D eigenvalue weighted by molar-refractivity contribution is 6.00. The molecule has 1 N–H and O–H groups in total. The quantitative estimate of drug-likeness (QED) is 0.824. The number of hydrogen-bond donors (Lipinski definition) is 1. The van der Waals surface area contributed by atoms with Crippen LogP contribution >= 0.6 is 0 Å². The fourth-order valence-electron chi connectivity index (χ4n) is 2.86. The van der Waals surface area contributed by atoms with Crippen molar-refractivity contribution >= 4 is 17.5 Å². The van der Waals surface area contributed by atoms with Gasteiger partial charge in [-0.15, -0.1) is 0 Å². The first-order chi connectivity index (χ1) is 12.1. The number of nitrogens with one attached hydrogen (secondary N) is 1. The normalized spacial score (nSPS) is 16.8. The Morgan fingerprint density at radius 3 is 2.60 bits per heavy atom. The van der Waals surface area contributed by atoms with E-state index in [4.69, 9.17) is 4.74 Å². The summed E-state index contributed by atoms with van der Waals surface area (Å²) < 4.78 is 5.55. The lowest BCUT2D eigenvalue weighted by atomic mass is 10.1. The van der Waals surface area contributed by atoms with Gasteiger partial charge in [0.25, 0.3) is 0 Å². The van der Waals surface area contributed by atoms with Crippen molar-refractivity contribution in [3.8, 4) is 5.75 Å². The van der Waals surface area contributed by atoms with E-state index in [0.717, 1.165) is 17.0 Å². The Morgan fingerprint density at radius 1 is 1.16 bits per heavy atom. The Hall–Kier alpha value is -2.82. The first kappa shape index (κ1) is 17.0. The fourth-order valence-corrected chi connectivity index (χ4v) is 2.86. The van der Waals surface area contributed by atoms with E-state index in [1.54, 1.807) is 4.90 Å². The highest BCUT2D eigenvalue weighted by Gasteiger charge is 2.34. The zero-order valence-electron chi connectivity index (χ0n) is 14.3. The summed E-state index contributed by atoms with van der Waals surface area (Å²) in [4.78, 5) is 26.2. The van der Waals surface area contributed by atoms with Crippen molar-refractivity contribution < 1.29 is 14.3 Å². The first-order valence-corrected chi connectivity index (χ1v) is 8.46. The van der Waals surface area contributed by atoms with Gasteiger partial charge in [-0.25, -0.2) is 0 Å². The molecule has 0 bridgehead atoms. The summed E-state index contributed by atoms with van der Waals surface area (Å²) in [5.74, 6) is 0.355. The van der Waals surface area contributed by atoms with Gasteiger partial charge in [0.15, 0.2) is 0 Å². The van der Waals surface area contributed by atoms with Crippen LogP contribution in [0.3, 0.4) is 0 Å². The molecule has 1 atom stereocenters. The second-order valence-electron chi connectivity index (χ2n) is 6.19. The molecule has 0 aromatic heterocycles. The highest BCUT2D eigenvalue weighted by Crippen LogP contribution is 2.25. The standard InChI is InChI=1S/C20H22N2O3/c1-15-7-9-17(10-8-15)22-14-16(13-19(22)23)20(24)21-11-12-25-18-5-3-2-4-6-18/h2-10,16H,11-14H2,1H3,(H,21,24)/t16-/m1/s1. The van der Waals surface area contributed by atoms with Crippen LogP contribution in [0.15, 0.2) is 54.6 Å². The van der Waals surface area contributed by atoms with Gasteiger partial charge in [0.05, 0.1) is 12.5 Å². The second-order valence-corrected chi connectivity index (χ2v) is 6.19. The minimum atomic E-state index is -0.314. The SMILES string of the molecule is Cc1ccc(N2C[C@H](C(=O)NCCOc3ccccc3)CC2=O)cc1. The molecule has 0 saturated carbocycles.